The summed E-state index contributed by atoms with van der Waals surface area (Å²) in [5.41, 5.74) is -2.98. The molecule has 0 aromatic carbocycles. The van der Waals surface area contributed by atoms with E-state index < -0.39 is 17.4 Å². The molecule has 0 aromatic rings. The van der Waals surface area contributed by atoms with Gasteiger partial charge in [-0.2, -0.15) is 0 Å². The fourth-order valence-electron chi connectivity index (χ4n) is 1.57. The number of amides is 1. The zero-order valence-electron chi connectivity index (χ0n) is 10.2. The van der Waals surface area contributed by atoms with Crippen LogP contribution in [0.1, 0.15) is 27.7 Å². The van der Waals surface area contributed by atoms with Crippen molar-refractivity contribution in [3.63, 3.8) is 0 Å². The predicted molar refractivity (Wildman–Crippen MR) is 57.3 cm³/mol. The first-order chi connectivity index (χ1) is 7.10. The number of aliphatic hydroxyl groups is 3. The molecule has 6 heteroatoms. The summed E-state index contributed by atoms with van der Waals surface area (Å²) in [5.74, 6) is -0.548. The molecular formula is C10H21NO5. The van der Waals surface area contributed by atoms with Crippen molar-refractivity contribution < 1.29 is 24.9 Å². The minimum absolute atomic E-state index is 0.0390. The maximum atomic E-state index is 11.7. The Balaban J connectivity index is 4.61. The van der Waals surface area contributed by atoms with Crippen molar-refractivity contribution >= 4 is 5.91 Å². The molecule has 0 aliphatic heterocycles. The van der Waals surface area contributed by atoms with E-state index in [9.17, 15) is 15.0 Å². The Morgan fingerprint density at radius 3 is 1.94 bits per heavy atom. The summed E-state index contributed by atoms with van der Waals surface area (Å²) in [6, 6.07) is 0. The Hall–Kier alpha value is -0.690. The summed E-state index contributed by atoms with van der Waals surface area (Å²) in [6.45, 7) is 5.15. The van der Waals surface area contributed by atoms with Gasteiger partial charge in [0.1, 0.15) is 18.1 Å². The van der Waals surface area contributed by atoms with Crippen LogP contribution in [0.15, 0.2) is 0 Å². The maximum Gasteiger partial charge on any atom is 0.253 e. The molecule has 1 amide bonds. The van der Waals surface area contributed by atoms with E-state index in [1.807, 2.05) is 0 Å². The summed E-state index contributed by atoms with van der Waals surface area (Å²) in [5, 5.41) is 28.0. The van der Waals surface area contributed by atoms with E-state index in [2.05, 4.69) is 0 Å². The standard InChI is InChI=1S/C10H21NO5/c1-9(2,14)11(10(3,4)15)8(13)7-16-6-5-12/h12,14-15H,5-7H2,1-4H3. The molecule has 0 spiro atoms. The molecule has 3 N–H and O–H groups in total. The Morgan fingerprint density at radius 2 is 1.62 bits per heavy atom. The molecule has 0 saturated heterocycles. The zero-order valence-corrected chi connectivity index (χ0v) is 10.2. The molecule has 0 aromatic heterocycles. The number of ether oxygens (including phenoxy) is 1. The molecule has 0 aliphatic carbocycles. The number of aliphatic hydroxyl groups excluding tert-OH is 1. The first-order valence-corrected chi connectivity index (χ1v) is 5.07. The van der Waals surface area contributed by atoms with Gasteiger partial charge in [-0.1, -0.05) is 0 Å². The highest BCUT2D eigenvalue weighted by Gasteiger charge is 2.38. The average molecular weight is 235 g/mol. The number of rotatable bonds is 6. The lowest BCUT2D eigenvalue weighted by atomic mass is 10.1. The third-order valence-corrected chi connectivity index (χ3v) is 1.80. The summed E-state index contributed by atoms with van der Waals surface area (Å²) in [4.78, 5) is 12.6. The van der Waals surface area contributed by atoms with E-state index in [1.54, 1.807) is 0 Å². The van der Waals surface area contributed by atoms with Crippen LogP contribution in [0, 0.1) is 0 Å². The van der Waals surface area contributed by atoms with E-state index in [0.29, 0.717) is 0 Å². The topological polar surface area (TPSA) is 90.2 Å². The minimum atomic E-state index is -1.49. The number of hydrogen-bond donors (Lipinski definition) is 3. The number of carbonyl (C=O) groups is 1. The van der Waals surface area contributed by atoms with Crippen LogP contribution in [-0.4, -0.2) is 57.4 Å². The summed E-state index contributed by atoms with van der Waals surface area (Å²) in [6.07, 6.45) is 0. The van der Waals surface area contributed by atoms with E-state index in [4.69, 9.17) is 9.84 Å². The van der Waals surface area contributed by atoms with Gasteiger partial charge >= 0.3 is 0 Å². The molecule has 0 bridgehead atoms. The third kappa shape index (κ3) is 4.89. The molecule has 0 atom stereocenters. The van der Waals surface area contributed by atoms with Gasteiger partial charge < -0.3 is 20.1 Å². The van der Waals surface area contributed by atoms with Gasteiger partial charge in [0, 0.05) is 0 Å². The molecule has 0 heterocycles. The lowest BCUT2D eigenvalue weighted by Gasteiger charge is -2.42. The first-order valence-electron chi connectivity index (χ1n) is 5.07. The first kappa shape index (κ1) is 15.3. The van der Waals surface area contributed by atoms with Gasteiger partial charge in [-0.25, -0.2) is 0 Å². The molecule has 0 saturated carbocycles. The van der Waals surface area contributed by atoms with Gasteiger partial charge in [0.25, 0.3) is 5.91 Å². The summed E-state index contributed by atoms with van der Waals surface area (Å²) < 4.78 is 4.85. The third-order valence-electron chi connectivity index (χ3n) is 1.80. The predicted octanol–water partition coefficient (Wildman–Crippen LogP) is -0.719. The van der Waals surface area contributed by atoms with Crippen LogP contribution in [-0.2, 0) is 9.53 Å². The van der Waals surface area contributed by atoms with Gasteiger partial charge in [-0.15, -0.1) is 0 Å². The van der Waals surface area contributed by atoms with Crippen molar-refractivity contribution in [3.05, 3.63) is 0 Å². The summed E-state index contributed by atoms with van der Waals surface area (Å²) in [7, 11) is 0. The molecule has 0 fully saturated rings. The van der Waals surface area contributed by atoms with Crippen molar-refractivity contribution in [1.29, 1.82) is 0 Å². The maximum absolute atomic E-state index is 11.7. The normalized spacial score (nSPS) is 12.7. The van der Waals surface area contributed by atoms with Gasteiger partial charge in [-0.3, -0.25) is 9.69 Å². The molecule has 0 radical (unpaired) electrons. The Bertz CT molecular complexity index is 214. The zero-order chi connectivity index (χ0) is 13.0. The van der Waals surface area contributed by atoms with Gasteiger partial charge in [0.15, 0.2) is 0 Å². The highest BCUT2D eigenvalue weighted by Crippen LogP contribution is 2.21. The Kier molecular flexibility index (Phi) is 5.34. The molecule has 96 valence electrons. The van der Waals surface area contributed by atoms with Crippen LogP contribution < -0.4 is 0 Å². The second kappa shape index (κ2) is 5.58. The minimum Gasteiger partial charge on any atom is -0.394 e. The van der Waals surface area contributed by atoms with Gasteiger partial charge in [-0.05, 0) is 27.7 Å². The second-order valence-electron chi connectivity index (χ2n) is 4.49. The highest BCUT2D eigenvalue weighted by atomic mass is 16.5. The largest absolute Gasteiger partial charge is 0.394 e. The van der Waals surface area contributed by atoms with Crippen LogP contribution >= 0.6 is 0 Å². The van der Waals surface area contributed by atoms with Crippen LogP contribution in [0.3, 0.4) is 0 Å². The SMILES string of the molecule is CC(C)(O)N(C(=O)COCCO)C(C)(C)O. The number of hydrogen-bond acceptors (Lipinski definition) is 5. The average Bonchev–Trinajstić information content (AvgIpc) is 1.98. The molecule has 0 unspecified atom stereocenters. The van der Waals surface area contributed by atoms with Crippen molar-refractivity contribution in [3.8, 4) is 0 Å². The number of nitrogens with zero attached hydrogens (tertiary/aromatic N) is 1. The van der Waals surface area contributed by atoms with Crippen LogP contribution in [0.2, 0.25) is 0 Å². The molecule has 6 nitrogen and oxygen atoms in total. The fraction of sp³-hybridized carbons (Fsp3) is 0.900. The van der Waals surface area contributed by atoms with Crippen LogP contribution in [0.4, 0.5) is 0 Å². The monoisotopic (exact) mass is 235 g/mol. The molecule has 0 rings (SSSR count). The Labute approximate surface area is 95.4 Å². The van der Waals surface area contributed by atoms with E-state index in [0.717, 1.165) is 4.90 Å². The van der Waals surface area contributed by atoms with E-state index in [1.165, 1.54) is 27.7 Å². The van der Waals surface area contributed by atoms with E-state index in [-0.39, 0.29) is 19.8 Å². The Morgan fingerprint density at radius 1 is 1.19 bits per heavy atom. The molecule has 16 heavy (non-hydrogen) atoms. The smallest absolute Gasteiger partial charge is 0.253 e. The van der Waals surface area contributed by atoms with Crippen molar-refractivity contribution in [2.24, 2.45) is 0 Å². The lowest BCUT2D eigenvalue weighted by molar-refractivity contribution is -0.208. The van der Waals surface area contributed by atoms with E-state index >= 15 is 0 Å². The number of carbonyl (C=O) groups excluding carboxylic acids is 1. The lowest BCUT2D eigenvalue weighted by Crippen LogP contribution is -2.59. The van der Waals surface area contributed by atoms with Crippen LogP contribution in [0.25, 0.3) is 0 Å². The molecule has 0 aliphatic rings. The van der Waals surface area contributed by atoms with Crippen molar-refractivity contribution in [2.75, 3.05) is 19.8 Å². The van der Waals surface area contributed by atoms with Gasteiger partial charge in [0.2, 0.25) is 0 Å². The van der Waals surface area contributed by atoms with Crippen LogP contribution in [0.5, 0.6) is 0 Å². The summed E-state index contributed by atoms with van der Waals surface area (Å²) >= 11 is 0. The highest BCUT2D eigenvalue weighted by molar-refractivity contribution is 5.78. The van der Waals surface area contributed by atoms with Crippen molar-refractivity contribution in [2.45, 2.75) is 39.1 Å². The van der Waals surface area contributed by atoms with Gasteiger partial charge in [0.05, 0.1) is 13.2 Å². The fourth-order valence-corrected chi connectivity index (χ4v) is 1.57. The second-order valence-corrected chi connectivity index (χ2v) is 4.49. The van der Waals surface area contributed by atoms with Crippen molar-refractivity contribution in [1.82, 2.24) is 4.90 Å². The quantitative estimate of drug-likeness (QED) is 0.417. The molecular weight excluding hydrogens is 214 g/mol.